The molecule has 0 spiro atoms. The molecule has 1 amide bonds. The Labute approximate surface area is 249 Å². The third-order valence-corrected chi connectivity index (χ3v) is 8.94. The van der Waals surface area contributed by atoms with Crippen molar-refractivity contribution >= 4 is 57.3 Å². The maximum Gasteiger partial charge on any atom is 0.301 e. The normalized spacial score (nSPS) is 16.4. The lowest BCUT2D eigenvalue weighted by Crippen LogP contribution is -2.29. The number of aromatic nitrogens is 2. The molecule has 1 saturated heterocycles. The topological polar surface area (TPSA) is 92.6 Å². The highest BCUT2D eigenvalue weighted by atomic mass is 35.5. The monoisotopic (exact) mass is 609 g/mol. The highest BCUT2D eigenvalue weighted by molar-refractivity contribution is 8.00. The van der Waals surface area contributed by atoms with E-state index in [0.717, 1.165) is 29.4 Å². The van der Waals surface area contributed by atoms with Crippen LogP contribution in [0.15, 0.2) is 76.6 Å². The van der Waals surface area contributed by atoms with Gasteiger partial charge in [-0.15, -0.1) is 10.2 Å². The fraction of sp³-hybridized carbons (Fsp3) is 0.200. The molecule has 1 fully saturated rings. The van der Waals surface area contributed by atoms with Gasteiger partial charge in [0.15, 0.2) is 4.34 Å². The van der Waals surface area contributed by atoms with Gasteiger partial charge in [0, 0.05) is 16.3 Å². The SMILES string of the molecule is CCCOc1ccc(C2C(=C(O)c3ccc(C)c(F)c3)C(=O)C(=O)N2c2nnc(SCc3ccccc3Cl)s2)cc1. The second kappa shape index (κ2) is 12.4. The number of carbonyl (C=O) groups is 2. The maximum absolute atomic E-state index is 14.4. The average Bonchev–Trinajstić information content (AvgIpc) is 3.54. The largest absolute Gasteiger partial charge is 0.507 e. The number of aliphatic hydroxyl groups excluding tert-OH is 1. The Hall–Kier alpha value is -3.73. The molecule has 1 unspecified atom stereocenters. The molecule has 1 aliphatic rings. The van der Waals surface area contributed by atoms with E-state index >= 15 is 0 Å². The lowest BCUT2D eigenvalue weighted by Gasteiger charge is -2.22. The summed E-state index contributed by atoms with van der Waals surface area (Å²) in [6.45, 7) is 4.13. The fourth-order valence-corrected chi connectivity index (χ4v) is 6.47. The van der Waals surface area contributed by atoms with Gasteiger partial charge in [0.1, 0.15) is 17.3 Å². The molecular weight excluding hydrogens is 585 g/mol. The van der Waals surface area contributed by atoms with Crippen LogP contribution in [0.2, 0.25) is 5.02 Å². The van der Waals surface area contributed by atoms with Crippen molar-refractivity contribution in [3.63, 3.8) is 0 Å². The molecule has 1 aromatic heterocycles. The van der Waals surface area contributed by atoms with Gasteiger partial charge in [-0.3, -0.25) is 14.5 Å². The lowest BCUT2D eigenvalue weighted by atomic mass is 9.95. The first-order valence-corrected chi connectivity index (χ1v) is 15.0. The number of aliphatic hydroxyl groups is 1. The van der Waals surface area contributed by atoms with Gasteiger partial charge in [-0.2, -0.15) is 0 Å². The molecule has 1 aliphatic heterocycles. The molecule has 11 heteroatoms. The van der Waals surface area contributed by atoms with E-state index in [1.807, 2.05) is 25.1 Å². The molecule has 5 rings (SSSR count). The summed E-state index contributed by atoms with van der Waals surface area (Å²) in [5, 5.41) is 20.5. The molecule has 210 valence electrons. The van der Waals surface area contributed by atoms with Gasteiger partial charge in [0.2, 0.25) is 5.13 Å². The van der Waals surface area contributed by atoms with Crippen molar-refractivity contribution < 1.29 is 23.8 Å². The Bertz CT molecular complexity index is 1640. The van der Waals surface area contributed by atoms with Crippen LogP contribution in [0, 0.1) is 12.7 Å². The van der Waals surface area contributed by atoms with Crippen LogP contribution in [0.5, 0.6) is 5.75 Å². The number of amides is 1. The quantitative estimate of drug-likeness (QED) is 0.0697. The summed E-state index contributed by atoms with van der Waals surface area (Å²) in [6, 6.07) is 17.5. The van der Waals surface area contributed by atoms with E-state index in [1.165, 1.54) is 28.8 Å². The number of hydrogen-bond donors (Lipinski definition) is 1. The molecule has 0 bridgehead atoms. The number of rotatable bonds is 9. The zero-order valence-corrected chi connectivity index (χ0v) is 24.5. The predicted molar refractivity (Wildman–Crippen MR) is 159 cm³/mol. The molecule has 4 aromatic rings. The first kappa shape index (κ1) is 28.8. The molecule has 3 aromatic carbocycles. The summed E-state index contributed by atoms with van der Waals surface area (Å²) in [6.07, 6.45) is 0.836. The minimum absolute atomic E-state index is 0.0900. The Morgan fingerprint density at radius 3 is 2.59 bits per heavy atom. The second-order valence-corrected chi connectivity index (χ2v) is 11.9. The highest BCUT2D eigenvalue weighted by Crippen LogP contribution is 2.44. The van der Waals surface area contributed by atoms with E-state index in [1.54, 1.807) is 37.3 Å². The van der Waals surface area contributed by atoms with E-state index in [2.05, 4.69) is 10.2 Å². The fourth-order valence-electron chi connectivity index (χ4n) is 4.32. The van der Waals surface area contributed by atoms with Crippen LogP contribution in [0.1, 0.15) is 41.6 Å². The third-order valence-electron chi connectivity index (χ3n) is 6.47. The summed E-state index contributed by atoms with van der Waals surface area (Å²) in [7, 11) is 0. The minimum atomic E-state index is -1.02. The molecule has 1 atom stereocenters. The van der Waals surface area contributed by atoms with Crippen molar-refractivity contribution in [1.82, 2.24) is 10.2 Å². The zero-order chi connectivity index (χ0) is 29.1. The standard InChI is InChI=1S/C30H25ClFN3O4S2/c1-3-14-39-21-12-10-18(11-13-21)25-24(26(36)19-9-8-17(2)23(32)15-19)27(37)28(38)35(25)29-33-34-30(41-29)40-16-20-6-4-5-7-22(20)31/h4-13,15,25,36H,3,14,16H2,1-2H3. The van der Waals surface area contributed by atoms with E-state index in [0.29, 0.717) is 38.6 Å². The van der Waals surface area contributed by atoms with Gasteiger partial charge >= 0.3 is 5.91 Å². The summed E-state index contributed by atoms with van der Waals surface area (Å²) < 4.78 is 20.7. The number of anilines is 1. The van der Waals surface area contributed by atoms with Crippen molar-refractivity contribution in [1.29, 1.82) is 0 Å². The summed E-state index contributed by atoms with van der Waals surface area (Å²) >= 11 is 8.83. The number of aryl methyl sites for hydroxylation is 1. The summed E-state index contributed by atoms with van der Waals surface area (Å²) in [5.41, 5.74) is 1.78. The maximum atomic E-state index is 14.4. The van der Waals surface area contributed by atoms with Crippen molar-refractivity contribution in [2.24, 2.45) is 0 Å². The number of nitrogens with zero attached hydrogens (tertiary/aromatic N) is 3. The minimum Gasteiger partial charge on any atom is -0.507 e. The Morgan fingerprint density at radius 1 is 1.12 bits per heavy atom. The number of ether oxygens (including phenoxy) is 1. The van der Waals surface area contributed by atoms with E-state index in [-0.39, 0.29) is 16.3 Å². The summed E-state index contributed by atoms with van der Waals surface area (Å²) in [4.78, 5) is 28.1. The van der Waals surface area contributed by atoms with Crippen molar-refractivity contribution in [2.75, 3.05) is 11.5 Å². The van der Waals surface area contributed by atoms with Gasteiger partial charge < -0.3 is 9.84 Å². The lowest BCUT2D eigenvalue weighted by molar-refractivity contribution is -0.132. The van der Waals surface area contributed by atoms with Gasteiger partial charge in [0.25, 0.3) is 5.78 Å². The Balaban J connectivity index is 1.54. The van der Waals surface area contributed by atoms with Gasteiger partial charge in [-0.05, 0) is 54.3 Å². The number of benzene rings is 3. The van der Waals surface area contributed by atoms with Gasteiger partial charge in [0.05, 0.1) is 18.2 Å². The molecule has 0 saturated carbocycles. The number of halogens is 2. The first-order chi connectivity index (χ1) is 19.8. The predicted octanol–water partition coefficient (Wildman–Crippen LogP) is 7.35. The Morgan fingerprint density at radius 2 is 1.88 bits per heavy atom. The number of carbonyl (C=O) groups excluding carboxylic acids is 2. The van der Waals surface area contributed by atoms with E-state index < -0.39 is 29.3 Å². The molecule has 1 N–H and O–H groups in total. The molecule has 41 heavy (non-hydrogen) atoms. The van der Waals surface area contributed by atoms with Crippen molar-refractivity contribution in [2.45, 2.75) is 36.4 Å². The highest BCUT2D eigenvalue weighted by Gasteiger charge is 2.48. The first-order valence-electron chi connectivity index (χ1n) is 12.8. The van der Waals surface area contributed by atoms with Crippen molar-refractivity contribution in [3.05, 3.63) is 105 Å². The van der Waals surface area contributed by atoms with Gasteiger partial charge in [-0.25, -0.2) is 4.39 Å². The van der Waals surface area contributed by atoms with E-state index in [4.69, 9.17) is 16.3 Å². The van der Waals surface area contributed by atoms with E-state index in [9.17, 15) is 19.1 Å². The van der Waals surface area contributed by atoms with Crippen LogP contribution >= 0.6 is 34.7 Å². The zero-order valence-electron chi connectivity index (χ0n) is 22.1. The molecular formula is C30H25ClFN3O4S2. The number of ketones is 1. The van der Waals surface area contributed by atoms with Crippen LogP contribution < -0.4 is 9.64 Å². The molecule has 0 aliphatic carbocycles. The number of hydrogen-bond acceptors (Lipinski definition) is 8. The summed E-state index contributed by atoms with van der Waals surface area (Å²) in [5.74, 6) is -1.62. The van der Waals surface area contributed by atoms with Crippen LogP contribution in [-0.4, -0.2) is 33.6 Å². The number of thioether (sulfide) groups is 1. The van der Waals surface area contributed by atoms with Crippen LogP contribution in [0.25, 0.3) is 5.76 Å². The van der Waals surface area contributed by atoms with Crippen LogP contribution in [0.4, 0.5) is 9.52 Å². The van der Waals surface area contributed by atoms with Gasteiger partial charge in [-0.1, -0.05) is 84.1 Å². The van der Waals surface area contributed by atoms with Crippen molar-refractivity contribution in [3.8, 4) is 5.75 Å². The second-order valence-electron chi connectivity index (χ2n) is 9.28. The molecule has 7 nitrogen and oxygen atoms in total. The Kier molecular flexibility index (Phi) is 8.72. The molecule has 0 radical (unpaired) electrons. The van der Waals surface area contributed by atoms with Crippen LogP contribution in [-0.2, 0) is 15.3 Å². The molecule has 2 heterocycles. The number of Topliss-reactive ketones (excluding diaryl/α,β-unsaturated/α-hetero) is 1. The average molecular weight is 610 g/mol. The third kappa shape index (κ3) is 6.00. The van der Waals surface area contributed by atoms with Crippen LogP contribution in [0.3, 0.4) is 0 Å². The smallest absolute Gasteiger partial charge is 0.301 e.